The van der Waals surface area contributed by atoms with Crippen molar-refractivity contribution >= 4 is 10.0 Å². The van der Waals surface area contributed by atoms with Crippen LogP contribution in [0.25, 0.3) is 0 Å². The maximum Gasteiger partial charge on any atom is 0.210 e. The van der Waals surface area contributed by atoms with E-state index in [1.807, 2.05) is 14.1 Å². The van der Waals surface area contributed by atoms with Crippen molar-refractivity contribution < 1.29 is 8.42 Å². The SMILES string of the molecule is CN(C)C(C)(C)CNCCS(N)(=O)=O. The fourth-order valence-electron chi connectivity index (χ4n) is 0.767. The number of sulfonamides is 1. The van der Waals surface area contributed by atoms with Crippen LogP contribution in [0.1, 0.15) is 13.8 Å². The Balaban J connectivity index is 3.76. The van der Waals surface area contributed by atoms with E-state index in [-0.39, 0.29) is 11.3 Å². The van der Waals surface area contributed by atoms with Crippen LogP contribution in [0.5, 0.6) is 0 Å². The molecule has 0 aromatic carbocycles. The van der Waals surface area contributed by atoms with Gasteiger partial charge in [0.15, 0.2) is 0 Å². The average molecular weight is 223 g/mol. The lowest BCUT2D eigenvalue weighted by Gasteiger charge is -2.32. The molecule has 0 aliphatic heterocycles. The molecular weight excluding hydrogens is 202 g/mol. The van der Waals surface area contributed by atoms with Gasteiger partial charge in [-0.1, -0.05) is 0 Å². The summed E-state index contributed by atoms with van der Waals surface area (Å²) in [5, 5.41) is 7.93. The summed E-state index contributed by atoms with van der Waals surface area (Å²) >= 11 is 0. The normalized spacial score (nSPS) is 13.6. The van der Waals surface area contributed by atoms with Crippen molar-refractivity contribution in [2.45, 2.75) is 19.4 Å². The smallest absolute Gasteiger partial charge is 0.210 e. The van der Waals surface area contributed by atoms with Crippen molar-refractivity contribution in [3.05, 3.63) is 0 Å². The highest BCUT2D eigenvalue weighted by Gasteiger charge is 2.19. The van der Waals surface area contributed by atoms with Gasteiger partial charge < -0.3 is 10.2 Å². The first-order valence-electron chi connectivity index (χ1n) is 4.54. The molecule has 0 atom stereocenters. The Labute approximate surface area is 86.7 Å². The number of nitrogens with one attached hydrogen (secondary N) is 1. The maximum atomic E-state index is 10.6. The first kappa shape index (κ1) is 13.8. The summed E-state index contributed by atoms with van der Waals surface area (Å²) in [6.45, 7) is 5.29. The minimum Gasteiger partial charge on any atom is -0.314 e. The molecule has 0 radical (unpaired) electrons. The largest absolute Gasteiger partial charge is 0.314 e. The topological polar surface area (TPSA) is 75.4 Å². The molecule has 5 nitrogen and oxygen atoms in total. The average Bonchev–Trinajstić information content (AvgIpc) is 1.96. The van der Waals surface area contributed by atoms with Crippen LogP contribution in [0.4, 0.5) is 0 Å². The number of nitrogens with zero attached hydrogens (tertiary/aromatic N) is 1. The van der Waals surface area contributed by atoms with Crippen molar-refractivity contribution in [1.29, 1.82) is 0 Å². The Kier molecular flexibility index (Phi) is 5.00. The summed E-state index contributed by atoms with van der Waals surface area (Å²) in [6.07, 6.45) is 0. The molecule has 0 fully saturated rings. The molecule has 0 saturated heterocycles. The molecule has 86 valence electrons. The van der Waals surface area contributed by atoms with Gasteiger partial charge in [-0.3, -0.25) is 0 Å². The predicted molar refractivity (Wildman–Crippen MR) is 58.6 cm³/mol. The number of nitrogens with two attached hydrogens (primary N) is 1. The standard InChI is InChI=1S/C8H21N3O2S/c1-8(2,11(3)4)7-10-5-6-14(9,12)13/h10H,5-7H2,1-4H3,(H2,9,12,13). The van der Waals surface area contributed by atoms with E-state index in [1.54, 1.807) is 0 Å². The second-order valence-corrected chi connectivity index (χ2v) is 5.98. The zero-order chi connectivity index (χ0) is 11.4. The molecule has 0 aliphatic carbocycles. The van der Waals surface area contributed by atoms with Crippen LogP contribution in [0.15, 0.2) is 0 Å². The van der Waals surface area contributed by atoms with E-state index in [0.29, 0.717) is 6.54 Å². The van der Waals surface area contributed by atoms with E-state index in [9.17, 15) is 8.42 Å². The van der Waals surface area contributed by atoms with Crippen LogP contribution in [-0.4, -0.2) is 51.8 Å². The minimum atomic E-state index is -3.34. The monoisotopic (exact) mass is 223 g/mol. The highest BCUT2D eigenvalue weighted by Crippen LogP contribution is 2.07. The Bertz CT molecular complexity index is 260. The lowest BCUT2D eigenvalue weighted by Crippen LogP contribution is -2.47. The molecule has 3 N–H and O–H groups in total. The molecule has 0 aliphatic rings. The summed E-state index contributed by atoms with van der Waals surface area (Å²) in [6, 6.07) is 0. The van der Waals surface area contributed by atoms with Crippen LogP contribution in [0.2, 0.25) is 0 Å². The van der Waals surface area contributed by atoms with Gasteiger partial charge in [-0.2, -0.15) is 0 Å². The molecule has 0 spiro atoms. The zero-order valence-corrected chi connectivity index (χ0v) is 10.2. The highest BCUT2D eigenvalue weighted by atomic mass is 32.2. The van der Waals surface area contributed by atoms with E-state index >= 15 is 0 Å². The van der Waals surface area contributed by atoms with Crippen LogP contribution in [0.3, 0.4) is 0 Å². The number of primary sulfonamides is 1. The van der Waals surface area contributed by atoms with Gasteiger partial charge in [0.25, 0.3) is 0 Å². The van der Waals surface area contributed by atoms with Gasteiger partial charge >= 0.3 is 0 Å². The molecule has 0 bridgehead atoms. The number of hydrogen-bond acceptors (Lipinski definition) is 4. The van der Waals surface area contributed by atoms with Gasteiger partial charge in [0.1, 0.15) is 0 Å². The number of likely N-dealkylation sites (N-methyl/N-ethyl adjacent to an activating group) is 1. The van der Waals surface area contributed by atoms with E-state index < -0.39 is 10.0 Å². The molecule has 6 heteroatoms. The Morgan fingerprint density at radius 2 is 1.86 bits per heavy atom. The number of rotatable bonds is 6. The van der Waals surface area contributed by atoms with Gasteiger partial charge in [-0.05, 0) is 27.9 Å². The third-order valence-electron chi connectivity index (χ3n) is 2.33. The Morgan fingerprint density at radius 3 is 2.21 bits per heavy atom. The zero-order valence-electron chi connectivity index (χ0n) is 9.37. The first-order chi connectivity index (χ1) is 6.15. The maximum absolute atomic E-state index is 10.6. The molecular formula is C8H21N3O2S. The van der Waals surface area contributed by atoms with Crippen LogP contribution >= 0.6 is 0 Å². The number of hydrogen-bond donors (Lipinski definition) is 2. The minimum absolute atomic E-state index is 0.0123. The summed E-state index contributed by atoms with van der Waals surface area (Å²) < 4.78 is 21.2. The molecule has 0 saturated carbocycles. The predicted octanol–water partition coefficient (Wildman–Crippen LogP) is -0.795. The first-order valence-corrected chi connectivity index (χ1v) is 6.25. The van der Waals surface area contributed by atoms with Crippen molar-refractivity contribution in [2.24, 2.45) is 5.14 Å². The van der Waals surface area contributed by atoms with E-state index in [1.165, 1.54) is 0 Å². The highest BCUT2D eigenvalue weighted by molar-refractivity contribution is 7.89. The third-order valence-corrected chi connectivity index (χ3v) is 3.10. The molecule has 0 amide bonds. The summed E-state index contributed by atoms with van der Waals surface area (Å²) in [5.41, 5.74) is 0.0123. The van der Waals surface area contributed by atoms with Crippen molar-refractivity contribution in [1.82, 2.24) is 10.2 Å². The van der Waals surface area contributed by atoms with Crippen LogP contribution in [-0.2, 0) is 10.0 Å². The van der Waals surface area contributed by atoms with Crippen LogP contribution < -0.4 is 10.5 Å². The van der Waals surface area contributed by atoms with E-state index in [2.05, 4.69) is 24.1 Å². The van der Waals surface area contributed by atoms with E-state index in [0.717, 1.165) is 6.54 Å². The van der Waals surface area contributed by atoms with Crippen molar-refractivity contribution in [3.8, 4) is 0 Å². The van der Waals surface area contributed by atoms with Gasteiger partial charge in [0.05, 0.1) is 5.75 Å². The van der Waals surface area contributed by atoms with Crippen molar-refractivity contribution in [3.63, 3.8) is 0 Å². The molecule has 0 unspecified atom stereocenters. The lowest BCUT2D eigenvalue weighted by atomic mass is 10.0. The van der Waals surface area contributed by atoms with Crippen LogP contribution in [0, 0.1) is 0 Å². The van der Waals surface area contributed by atoms with E-state index in [4.69, 9.17) is 5.14 Å². The fourth-order valence-corrected chi connectivity index (χ4v) is 1.20. The Hall–Kier alpha value is -0.170. The van der Waals surface area contributed by atoms with Crippen molar-refractivity contribution in [2.75, 3.05) is 32.9 Å². The van der Waals surface area contributed by atoms with Gasteiger partial charge in [0, 0.05) is 18.6 Å². The van der Waals surface area contributed by atoms with Gasteiger partial charge in [-0.15, -0.1) is 0 Å². The molecule has 0 aromatic heterocycles. The van der Waals surface area contributed by atoms with Gasteiger partial charge in [0.2, 0.25) is 10.0 Å². The Morgan fingerprint density at radius 1 is 1.36 bits per heavy atom. The molecule has 0 rings (SSSR count). The quantitative estimate of drug-likeness (QED) is 0.578. The fraction of sp³-hybridized carbons (Fsp3) is 1.00. The second kappa shape index (κ2) is 5.06. The summed E-state index contributed by atoms with van der Waals surface area (Å²) in [7, 11) is 0.637. The molecule has 0 aromatic rings. The molecule has 0 heterocycles. The third kappa shape index (κ3) is 6.31. The lowest BCUT2D eigenvalue weighted by molar-refractivity contribution is 0.191. The summed E-state index contributed by atoms with van der Waals surface area (Å²) in [4.78, 5) is 2.08. The second-order valence-electron chi connectivity index (χ2n) is 4.25. The summed E-state index contributed by atoms with van der Waals surface area (Å²) in [5.74, 6) is -0.0174. The van der Waals surface area contributed by atoms with Gasteiger partial charge in [-0.25, -0.2) is 13.6 Å². The molecule has 14 heavy (non-hydrogen) atoms.